The maximum atomic E-state index is 10.6. The van der Waals surface area contributed by atoms with Crippen LogP contribution in [0.5, 0.6) is 0 Å². The highest BCUT2D eigenvalue weighted by Crippen LogP contribution is 1.92. The second kappa shape index (κ2) is 3.41. The molecule has 4 heteroatoms. The molecule has 1 heterocycles. The van der Waals surface area contributed by atoms with E-state index in [1.54, 1.807) is 18.2 Å². The minimum absolute atomic E-state index is 0.619. The van der Waals surface area contributed by atoms with Gasteiger partial charge in [-0.3, -0.25) is 4.55 Å². The molecule has 0 aliphatic carbocycles. The van der Waals surface area contributed by atoms with Gasteiger partial charge in [-0.15, -0.1) is 0 Å². The molecule has 1 aromatic heterocycles. The van der Waals surface area contributed by atoms with Crippen molar-refractivity contribution in [1.82, 2.24) is 0 Å². The van der Waals surface area contributed by atoms with Crippen molar-refractivity contribution in [1.29, 1.82) is 0 Å². The molecular weight excluding hydrogens is 162 g/mol. The molecule has 0 bridgehead atoms. The molecular formula is C7H8NO2S+. The average Bonchev–Trinajstić information content (AvgIpc) is 2.04. The molecule has 3 nitrogen and oxygen atoms in total. The van der Waals surface area contributed by atoms with Gasteiger partial charge in [-0.2, -0.15) is 4.21 Å². The van der Waals surface area contributed by atoms with Crippen molar-refractivity contribution in [2.45, 2.75) is 0 Å². The minimum Gasteiger partial charge on any atom is -0.252 e. The molecule has 1 unspecified atom stereocenters. The highest BCUT2D eigenvalue weighted by atomic mass is 32.2. The quantitative estimate of drug-likeness (QED) is 0.521. The van der Waals surface area contributed by atoms with Gasteiger partial charge in [0.15, 0.2) is 6.20 Å². The third-order valence-electron chi connectivity index (χ3n) is 1.23. The van der Waals surface area contributed by atoms with E-state index in [2.05, 4.69) is 6.58 Å². The van der Waals surface area contributed by atoms with Crippen molar-refractivity contribution < 1.29 is 12.7 Å². The molecule has 0 spiro atoms. The van der Waals surface area contributed by atoms with Gasteiger partial charge in [0.05, 0.1) is 0 Å². The summed E-state index contributed by atoms with van der Waals surface area (Å²) in [6.07, 6.45) is 3.04. The van der Waals surface area contributed by atoms with Crippen molar-refractivity contribution in [3.8, 4) is 0 Å². The maximum absolute atomic E-state index is 10.6. The average molecular weight is 170 g/mol. The van der Waals surface area contributed by atoms with Gasteiger partial charge in [-0.05, 0) is 6.07 Å². The normalized spacial score (nSPS) is 12.5. The first-order valence-corrected chi connectivity index (χ1v) is 4.06. The summed E-state index contributed by atoms with van der Waals surface area (Å²) in [6, 6.07) is 5.17. The lowest BCUT2D eigenvalue weighted by Crippen LogP contribution is -2.39. The molecule has 0 aliphatic heterocycles. The Balaban J connectivity index is 3.22. The summed E-state index contributed by atoms with van der Waals surface area (Å²) in [7, 11) is 0. The second-order valence-electron chi connectivity index (χ2n) is 1.89. The highest BCUT2D eigenvalue weighted by molar-refractivity contribution is 7.72. The van der Waals surface area contributed by atoms with Gasteiger partial charge in [0.1, 0.15) is 0 Å². The Bertz CT molecular complexity index is 298. The van der Waals surface area contributed by atoms with Crippen LogP contribution >= 0.6 is 0 Å². The summed E-state index contributed by atoms with van der Waals surface area (Å²) >= 11 is -1.99. The van der Waals surface area contributed by atoms with Gasteiger partial charge in [0, 0.05) is 18.2 Å². The Morgan fingerprint density at radius 1 is 1.64 bits per heavy atom. The van der Waals surface area contributed by atoms with Gasteiger partial charge >= 0.3 is 11.3 Å². The molecule has 1 rings (SSSR count). The van der Waals surface area contributed by atoms with Gasteiger partial charge in [-0.25, -0.2) is 0 Å². The zero-order valence-electron chi connectivity index (χ0n) is 5.80. The third-order valence-corrected chi connectivity index (χ3v) is 1.90. The van der Waals surface area contributed by atoms with Crippen LogP contribution in [-0.4, -0.2) is 8.76 Å². The zero-order chi connectivity index (χ0) is 8.27. The maximum Gasteiger partial charge on any atom is 0.444 e. The molecule has 0 aromatic carbocycles. The number of pyridine rings is 1. The van der Waals surface area contributed by atoms with E-state index in [9.17, 15) is 4.21 Å². The van der Waals surface area contributed by atoms with E-state index in [1.165, 1.54) is 16.2 Å². The Kier molecular flexibility index (Phi) is 2.51. The predicted molar refractivity (Wildman–Crippen MR) is 42.9 cm³/mol. The van der Waals surface area contributed by atoms with E-state index >= 15 is 0 Å². The van der Waals surface area contributed by atoms with Crippen molar-refractivity contribution in [2.24, 2.45) is 0 Å². The first kappa shape index (κ1) is 8.10. The van der Waals surface area contributed by atoms with Crippen LogP contribution in [-0.2, 0) is 11.3 Å². The largest absolute Gasteiger partial charge is 0.444 e. The summed E-state index contributed by atoms with van der Waals surface area (Å²) in [4.78, 5) is 0. The van der Waals surface area contributed by atoms with Crippen molar-refractivity contribution in [3.05, 3.63) is 36.7 Å². The monoisotopic (exact) mass is 170 g/mol. The topological polar surface area (TPSA) is 41.2 Å². The fourth-order valence-electron chi connectivity index (χ4n) is 0.742. The van der Waals surface area contributed by atoms with Crippen LogP contribution in [0.25, 0.3) is 6.08 Å². The van der Waals surface area contributed by atoms with Crippen LogP contribution in [0.3, 0.4) is 0 Å². The zero-order valence-corrected chi connectivity index (χ0v) is 6.62. The molecule has 0 saturated heterocycles. The Hall–Kier alpha value is -1.00. The number of nitrogens with zero attached hydrogens (tertiary/aromatic N) is 1. The SMILES string of the molecule is C=Cc1cccc[n+]1S(=O)O. The number of hydrogen-bond donors (Lipinski definition) is 1. The van der Waals surface area contributed by atoms with E-state index in [4.69, 9.17) is 4.55 Å². The molecule has 0 radical (unpaired) electrons. The first-order chi connectivity index (χ1) is 5.25. The highest BCUT2D eigenvalue weighted by Gasteiger charge is 2.11. The minimum atomic E-state index is -1.99. The molecule has 11 heavy (non-hydrogen) atoms. The number of aromatic nitrogens is 1. The van der Waals surface area contributed by atoms with Crippen LogP contribution in [0.2, 0.25) is 0 Å². The van der Waals surface area contributed by atoms with E-state index in [0.29, 0.717) is 5.69 Å². The molecule has 0 fully saturated rings. The van der Waals surface area contributed by atoms with Gasteiger partial charge in [-0.1, -0.05) is 10.6 Å². The predicted octanol–water partition coefficient (Wildman–Crippen LogP) is 0.602. The molecule has 0 amide bonds. The van der Waals surface area contributed by atoms with Crippen LogP contribution in [0.1, 0.15) is 5.69 Å². The van der Waals surface area contributed by atoms with Gasteiger partial charge < -0.3 is 0 Å². The molecule has 1 aromatic rings. The number of hydrogen-bond acceptors (Lipinski definition) is 1. The third kappa shape index (κ3) is 1.72. The van der Waals surface area contributed by atoms with Crippen molar-refractivity contribution in [2.75, 3.05) is 0 Å². The van der Waals surface area contributed by atoms with E-state index in [-0.39, 0.29) is 0 Å². The van der Waals surface area contributed by atoms with Crippen LogP contribution in [0, 0.1) is 0 Å². The molecule has 0 aliphatic rings. The molecule has 1 atom stereocenters. The lowest BCUT2D eigenvalue weighted by atomic mass is 10.3. The number of rotatable bonds is 2. The molecule has 58 valence electrons. The molecule has 1 N–H and O–H groups in total. The lowest BCUT2D eigenvalue weighted by molar-refractivity contribution is -0.513. The second-order valence-corrected chi connectivity index (χ2v) is 2.74. The standard InChI is InChI=1S/C7H7NO2S/c1-2-7-5-3-4-6-8(7)11(9)10/h2-6H,1H2/p+1. The Morgan fingerprint density at radius 2 is 2.36 bits per heavy atom. The summed E-state index contributed by atoms with van der Waals surface area (Å²) in [5, 5.41) is 0. The van der Waals surface area contributed by atoms with E-state index in [1.807, 2.05) is 0 Å². The molecule has 0 saturated carbocycles. The summed E-state index contributed by atoms with van der Waals surface area (Å²) < 4.78 is 20.5. The lowest BCUT2D eigenvalue weighted by Gasteiger charge is -1.90. The van der Waals surface area contributed by atoms with Crippen molar-refractivity contribution in [3.63, 3.8) is 0 Å². The van der Waals surface area contributed by atoms with Gasteiger partial charge in [0.25, 0.3) is 0 Å². The van der Waals surface area contributed by atoms with Gasteiger partial charge in [0.2, 0.25) is 5.69 Å². The van der Waals surface area contributed by atoms with E-state index < -0.39 is 11.3 Å². The Morgan fingerprint density at radius 3 is 2.82 bits per heavy atom. The Labute approximate surface area is 67.4 Å². The summed E-state index contributed by atoms with van der Waals surface area (Å²) in [5.41, 5.74) is 0.619. The smallest absolute Gasteiger partial charge is 0.252 e. The van der Waals surface area contributed by atoms with Crippen LogP contribution in [0.15, 0.2) is 31.0 Å². The van der Waals surface area contributed by atoms with Crippen LogP contribution < -0.4 is 3.97 Å². The fraction of sp³-hybridized carbons (Fsp3) is 0. The van der Waals surface area contributed by atoms with Crippen LogP contribution in [0.4, 0.5) is 0 Å². The van der Waals surface area contributed by atoms with E-state index in [0.717, 1.165) is 0 Å². The summed E-state index contributed by atoms with van der Waals surface area (Å²) in [5.74, 6) is 0. The fourth-order valence-corrected chi connectivity index (χ4v) is 1.23. The van der Waals surface area contributed by atoms with Crippen molar-refractivity contribution >= 4 is 17.3 Å². The summed E-state index contributed by atoms with van der Waals surface area (Å²) in [6.45, 7) is 3.51. The first-order valence-electron chi connectivity index (χ1n) is 3.00.